The molecular formula is C30H39N3O4. The molecule has 0 amide bonds. The Morgan fingerprint density at radius 2 is 1.92 bits per heavy atom. The maximum absolute atomic E-state index is 14.1. The summed E-state index contributed by atoms with van der Waals surface area (Å²) in [5.41, 5.74) is -0.0296. The molecule has 3 saturated carbocycles. The number of hydrogen-bond acceptors (Lipinski definition) is 7. The van der Waals surface area contributed by atoms with Gasteiger partial charge in [-0.1, -0.05) is 25.5 Å². The van der Waals surface area contributed by atoms with Crippen LogP contribution in [0.2, 0.25) is 0 Å². The fraction of sp³-hybridized carbons (Fsp3) is 0.667. The van der Waals surface area contributed by atoms with Crippen molar-refractivity contribution in [1.29, 1.82) is 0 Å². The van der Waals surface area contributed by atoms with Gasteiger partial charge in [-0.15, -0.1) is 0 Å². The van der Waals surface area contributed by atoms with E-state index in [1.807, 2.05) is 25.1 Å². The lowest BCUT2D eigenvalue weighted by molar-refractivity contribution is -0.169. The highest BCUT2D eigenvalue weighted by Gasteiger charge is 2.68. The molecule has 7 heteroatoms. The van der Waals surface area contributed by atoms with Crippen molar-refractivity contribution in [3.05, 3.63) is 35.7 Å². The minimum absolute atomic E-state index is 0.117. The monoisotopic (exact) mass is 505 g/mol. The van der Waals surface area contributed by atoms with Crippen LogP contribution in [0.15, 0.2) is 30.0 Å². The maximum atomic E-state index is 14.1. The summed E-state index contributed by atoms with van der Waals surface area (Å²) in [7, 11) is 0. The molecule has 1 saturated heterocycles. The van der Waals surface area contributed by atoms with Crippen LogP contribution >= 0.6 is 0 Å². The van der Waals surface area contributed by atoms with Crippen molar-refractivity contribution in [3.63, 3.8) is 0 Å². The van der Waals surface area contributed by atoms with Gasteiger partial charge in [0.2, 0.25) is 0 Å². The molecule has 5 aliphatic rings. The predicted molar refractivity (Wildman–Crippen MR) is 139 cm³/mol. The average Bonchev–Trinajstić information content (AvgIpc) is 3.16. The van der Waals surface area contributed by atoms with Gasteiger partial charge in [-0.2, -0.15) is 0 Å². The second-order valence-electron chi connectivity index (χ2n) is 12.6. The van der Waals surface area contributed by atoms with E-state index in [9.17, 15) is 19.5 Å². The van der Waals surface area contributed by atoms with Crippen molar-refractivity contribution in [1.82, 2.24) is 15.2 Å². The van der Waals surface area contributed by atoms with Gasteiger partial charge < -0.3 is 10.4 Å². The minimum Gasteiger partial charge on any atom is -0.381 e. The normalized spacial score (nSPS) is 40.2. The van der Waals surface area contributed by atoms with E-state index in [2.05, 4.69) is 22.1 Å². The molecule has 6 atom stereocenters. The quantitative estimate of drug-likeness (QED) is 0.649. The average molecular weight is 506 g/mol. The number of pyridine rings is 1. The molecule has 0 aromatic carbocycles. The van der Waals surface area contributed by atoms with Crippen molar-refractivity contribution in [3.8, 4) is 0 Å². The first-order chi connectivity index (χ1) is 17.7. The van der Waals surface area contributed by atoms with E-state index in [4.69, 9.17) is 0 Å². The zero-order valence-corrected chi connectivity index (χ0v) is 22.1. The van der Waals surface area contributed by atoms with Crippen LogP contribution in [-0.4, -0.2) is 70.7 Å². The van der Waals surface area contributed by atoms with Crippen LogP contribution < -0.4 is 5.32 Å². The van der Waals surface area contributed by atoms with Crippen LogP contribution in [0.3, 0.4) is 0 Å². The number of Topliss-reactive ketones (excluding diaryl/α,β-unsaturated/α-hetero) is 3. The molecule has 2 heterocycles. The third kappa shape index (κ3) is 3.64. The van der Waals surface area contributed by atoms with Crippen LogP contribution in [0.4, 0.5) is 0 Å². The summed E-state index contributed by atoms with van der Waals surface area (Å²) in [6.07, 6.45) is 5.86. The van der Waals surface area contributed by atoms with Gasteiger partial charge in [0.05, 0.1) is 12.2 Å². The number of aromatic nitrogens is 1. The number of piperazine rings is 1. The number of nitrogens with zero attached hydrogens (tertiary/aromatic N) is 2. The summed E-state index contributed by atoms with van der Waals surface area (Å²) >= 11 is 0. The largest absolute Gasteiger partial charge is 0.381 e. The van der Waals surface area contributed by atoms with Crippen LogP contribution in [0.1, 0.15) is 64.5 Å². The van der Waals surface area contributed by atoms with Crippen molar-refractivity contribution in [2.24, 2.45) is 28.6 Å². The Labute approximate surface area is 219 Å². The van der Waals surface area contributed by atoms with Gasteiger partial charge in [0.1, 0.15) is 11.4 Å². The molecular weight excluding hydrogens is 466 g/mol. The molecule has 1 aromatic rings. The van der Waals surface area contributed by atoms with Gasteiger partial charge in [0, 0.05) is 62.1 Å². The Balaban J connectivity index is 1.33. The Hall–Kier alpha value is -2.22. The van der Waals surface area contributed by atoms with E-state index < -0.39 is 11.0 Å². The van der Waals surface area contributed by atoms with Gasteiger partial charge >= 0.3 is 0 Å². The first-order valence-electron chi connectivity index (χ1n) is 14.1. The standard InChI is InChI=1S/C30H39N3O4/c1-28-10-9-23(34)26(22-5-3-4-12-32-22)21(28)7-6-19-20-8-11-30(37,29(20,2)17-24(35)27(19)28)25(36)18-33-15-13-31-14-16-33/h3-5,12,19-20,27,31,37H,6-11,13-18H2,1-2H3/t19-,20-,27+,28-,29-,30-/m0/s1. The molecule has 6 rings (SSSR count). The van der Waals surface area contributed by atoms with Gasteiger partial charge in [-0.25, -0.2) is 0 Å². The number of hydrogen-bond donors (Lipinski definition) is 2. The lowest BCUT2D eigenvalue weighted by Crippen LogP contribution is -2.62. The van der Waals surface area contributed by atoms with E-state index in [0.717, 1.165) is 56.6 Å². The Kier molecular flexibility index (Phi) is 6.05. The zero-order chi connectivity index (χ0) is 26.0. The maximum Gasteiger partial charge on any atom is 0.178 e. The highest BCUT2D eigenvalue weighted by molar-refractivity contribution is 6.22. The van der Waals surface area contributed by atoms with Crippen molar-refractivity contribution in [2.75, 3.05) is 32.7 Å². The number of allylic oxidation sites excluding steroid dienone is 1. The highest BCUT2D eigenvalue weighted by atomic mass is 16.3. The zero-order valence-electron chi connectivity index (χ0n) is 22.1. The molecule has 0 unspecified atom stereocenters. The molecule has 7 nitrogen and oxygen atoms in total. The molecule has 4 fully saturated rings. The minimum atomic E-state index is -1.46. The Bertz CT molecular complexity index is 1160. The first-order valence-corrected chi connectivity index (χ1v) is 14.1. The molecule has 37 heavy (non-hydrogen) atoms. The van der Waals surface area contributed by atoms with Crippen LogP contribution in [0.25, 0.3) is 5.57 Å². The fourth-order valence-corrected chi connectivity index (χ4v) is 9.01. The van der Waals surface area contributed by atoms with E-state index in [0.29, 0.717) is 25.0 Å². The summed E-state index contributed by atoms with van der Waals surface area (Å²) in [6.45, 7) is 7.75. The number of carbonyl (C=O) groups excluding carboxylic acids is 3. The van der Waals surface area contributed by atoms with Crippen molar-refractivity contribution >= 4 is 22.9 Å². The van der Waals surface area contributed by atoms with E-state index in [1.54, 1.807) is 6.20 Å². The second kappa shape index (κ2) is 8.92. The third-order valence-electron chi connectivity index (χ3n) is 10.9. The SMILES string of the molecule is C[C@]12CCC(=O)C(c3ccccn3)=C1CC[C@@H]1[C@@H]2C(=O)C[C@@]2(C)[C@H]1CC[C@]2(O)C(=O)CN1CCNCC1. The number of ketones is 3. The molecule has 4 aliphatic carbocycles. The van der Waals surface area contributed by atoms with Crippen molar-refractivity contribution < 1.29 is 19.5 Å². The Morgan fingerprint density at radius 1 is 1.14 bits per heavy atom. The van der Waals surface area contributed by atoms with Gasteiger partial charge in [-0.3, -0.25) is 24.3 Å². The second-order valence-corrected chi connectivity index (χ2v) is 12.6. The lowest BCUT2D eigenvalue weighted by atomic mass is 9.45. The summed E-state index contributed by atoms with van der Waals surface area (Å²) in [5, 5.41) is 15.3. The first kappa shape index (κ1) is 25.1. The molecule has 2 N–H and O–H groups in total. The predicted octanol–water partition coefficient (Wildman–Crippen LogP) is 2.83. The molecule has 0 spiro atoms. The van der Waals surface area contributed by atoms with E-state index >= 15 is 0 Å². The van der Waals surface area contributed by atoms with Crippen LogP contribution in [0.5, 0.6) is 0 Å². The molecule has 1 aromatic heterocycles. The van der Waals surface area contributed by atoms with E-state index in [1.165, 1.54) is 0 Å². The van der Waals surface area contributed by atoms with Gasteiger partial charge in [0.25, 0.3) is 0 Å². The summed E-state index contributed by atoms with van der Waals surface area (Å²) in [5.74, 6) is 0.251. The molecule has 0 bridgehead atoms. The fourth-order valence-electron chi connectivity index (χ4n) is 9.01. The number of carbonyl (C=O) groups is 3. The highest BCUT2D eigenvalue weighted by Crippen LogP contribution is 2.67. The summed E-state index contributed by atoms with van der Waals surface area (Å²) in [6, 6.07) is 5.67. The van der Waals surface area contributed by atoms with Crippen molar-refractivity contribution in [2.45, 2.75) is 64.4 Å². The van der Waals surface area contributed by atoms with Crippen LogP contribution in [-0.2, 0) is 14.4 Å². The number of fused-ring (bicyclic) bond motifs is 5. The molecule has 198 valence electrons. The van der Waals surface area contributed by atoms with Gasteiger partial charge in [0.15, 0.2) is 11.6 Å². The number of rotatable bonds is 4. The number of aliphatic hydroxyl groups is 1. The van der Waals surface area contributed by atoms with E-state index in [-0.39, 0.29) is 53.5 Å². The summed E-state index contributed by atoms with van der Waals surface area (Å²) in [4.78, 5) is 47.5. The molecule has 1 aliphatic heterocycles. The topological polar surface area (TPSA) is 99.6 Å². The smallest absolute Gasteiger partial charge is 0.178 e. The summed E-state index contributed by atoms with van der Waals surface area (Å²) < 4.78 is 0. The number of nitrogens with one attached hydrogen (secondary N) is 1. The lowest BCUT2D eigenvalue weighted by Gasteiger charge is -2.58. The van der Waals surface area contributed by atoms with Crippen LogP contribution in [0, 0.1) is 28.6 Å². The third-order valence-corrected chi connectivity index (χ3v) is 10.9. The molecule has 0 radical (unpaired) electrons. The van der Waals surface area contributed by atoms with Gasteiger partial charge in [-0.05, 0) is 61.5 Å². The Morgan fingerprint density at radius 3 is 2.65 bits per heavy atom.